The molecule has 0 spiro atoms. The standard InChI is InChI=1S/C21H21N5O3S2/c1-12(2)26-20-17(11-23-26)16(10-18(25-20)19-8-7-13(3)30-19)21(27)24-14-5-4-6-15(9-14)31(22,28)29/h4-12H,1-3H3,(H,24,27)(H2,22,28,29). The van der Waals surface area contributed by atoms with Crippen LogP contribution >= 0.6 is 11.3 Å². The van der Waals surface area contributed by atoms with E-state index in [2.05, 4.69) is 10.4 Å². The summed E-state index contributed by atoms with van der Waals surface area (Å²) in [5.74, 6) is -0.392. The number of rotatable bonds is 5. The monoisotopic (exact) mass is 455 g/mol. The number of benzene rings is 1. The number of anilines is 1. The lowest BCUT2D eigenvalue weighted by Crippen LogP contribution is -2.15. The molecule has 0 fully saturated rings. The van der Waals surface area contributed by atoms with Gasteiger partial charge in [-0.2, -0.15) is 5.10 Å². The van der Waals surface area contributed by atoms with E-state index in [4.69, 9.17) is 10.1 Å². The second kappa shape index (κ2) is 7.88. The van der Waals surface area contributed by atoms with Crippen molar-refractivity contribution in [3.8, 4) is 10.6 Å². The molecule has 4 aromatic rings. The Balaban J connectivity index is 1.81. The van der Waals surface area contributed by atoms with Gasteiger partial charge in [0.25, 0.3) is 5.91 Å². The number of thiophene rings is 1. The lowest BCUT2D eigenvalue weighted by atomic mass is 10.1. The number of nitrogens with zero attached hydrogens (tertiary/aromatic N) is 3. The molecule has 0 aliphatic heterocycles. The van der Waals surface area contributed by atoms with Crippen LogP contribution in [0.1, 0.15) is 35.1 Å². The predicted molar refractivity (Wildman–Crippen MR) is 122 cm³/mol. The molecule has 0 saturated heterocycles. The summed E-state index contributed by atoms with van der Waals surface area (Å²) in [6.07, 6.45) is 1.63. The van der Waals surface area contributed by atoms with Gasteiger partial charge in [0.05, 0.1) is 32.6 Å². The number of carbonyl (C=O) groups excluding carboxylic acids is 1. The van der Waals surface area contributed by atoms with Gasteiger partial charge in [-0.15, -0.1) is 11.3 Å². The van der Waals surface area contributed by atoms with Gasteiger partial charge < -0.3 is 5.32 Å². The van der Waals surface area contributed by atoms with Gasteiger partial charge in [0.1, 0.15) is 0 Å². The molecule has 160 valence electrons. The van der Waals surface area contributed by atoms with Crippen LogP contribution in [-0.2, 0) is 10.0 Å². The van der Waals surface area contributed by atoms with Gasteiger partial charge in [0, 0.05) is 16.6 Å². The zero-order valence-corrected chi connectivity index (χ0v) is 18.8. The minimum atomic E-state index is -3.88. The van der Waals surface area contributed by atoms with E-state index in [-0.39, 0.29) is 10.9 Å². The lowest BCUT2D eigenvalue weighted by molar-refractivity contribution is 0.102. The Hall–Kier alpha value is -3.08. The summed E-state index contributed by atoms with van der Waals surface area (Å²) in [4.78, 5) is 20.0. The summed E-state index contributed by atoms with van der Waals surface area (Å²) in [5.41, 5.74) is 2.02. The predicted octanol–water partition coefficient (Wildman–Crippen LogP) is 3.95. The molecular formula is C21H21N5O3S2. The summed E-state index contributed by atoms with van der Waals surface area (Å²) in [5, 5.41) is 13.0. The number of aromatic nitrogens is 3. The number of amides is 1. The van der Waals surface area contributed by atoms with E-state index >= 15 is 0 Å². The SMILES string of the molecule is Cc1ccc(-c2cc(C(=O)Nc3cccc(S(N)(=O)=O)c3)c3cnn(C(C)C)c3n2)s1. The Bertz CT molecular complexity index is 1400. The fourth-order valence-electron chi connectivity index (χ4n) is 3.23. The van der Waals surface area contributed by atoms with E-state index in [9.17, 15) is 13.2 Å². The van der Waals surface area contributed by atoms with Crippen LogP contribution in [0.25, 0.3) is 21.6 Å². The Labute approximate surface area is 183 Å². The van der Waals surface area contributed by atoms with Gasteiger partial charge in [-0.3, -0.25) is 4.79 Å². The summed E-state index contributed by atoms with van der Waals surface area (Å²) < 4.78 is 25.0. The number of aryl methyl sites for hydroxylation is 1. The van der Waals surface area contributed by atoms with E-state index in [0.29, 0.717) is 28.0 Å². The van der Waals surface area contributed by atoms with Crippen molar-refractivity contribution in [3.05, 3.63) is 59.1 Å². The van der Waals surface area contributed by atoms with Crippen LogP contribution in [-0.4, -0.2) is 29.1 Å². The fourth-order valence-corrected chi connectivity index (χ4v) is 4.62. The van der Waals surface area contributed by atoms with Gasteiger partial charge in [0.15, 0.2) is 5.65 Å². The van der Waals surface area contributed by atoms with Gasteiger partial charge in [0.2, 0.25) is 10.0 Å². The van der Waals surface area contributed by atoms with Gasteiger partial charge >= 0.3 is 0 Å². The number of nitrogens with one attached hydrogen (secondary N) is 1. The third-order valence-electron chi connectivity index (χ3n) is 4.71. The minimum Gasteiger partial charge on any atom is -0.322 e. The van der Waals surface area contributed by atoms with Crippen molar-refractivity contribution in [2.75, 3.05) is 5.32 Å². The molecule has 3 N–H and O–H groups in total. The lowest BCUT2D eigenvalue weighted by Gasteiger charge is -2.11. The third kappa shape index (κ3) is 4.22. The van der Waals surface area contributed by atoms with E-state index < -0.39 is 15.9 Å². The average molecular weight is 456 g/mol. The number of carbonyl (C=O) groups is 1. The molecule has 1 amide bonds. The molecule has 0 bridgehead atoms. The Morgan fingerprint density at radius 1 is 1.19 bits per heavy atom. The van der Waals surface area contributed by atoms with Gasteiger partial charge in [-0.05, 0) is 57.2 Å². The van der Waals surface area contributed by atoms with E-state index in [1.165, 1.54) is 18.2 Å². The normalized spacial score (nSPS) is 11.9. The van der Waals surface area contributed by atoms with Crippen LogP contribution in [0.2, 0.25) is 0 Å². The first-order valence-corrected chi connectivity index (χ1v) is 11.9. The summed E-state index contributed by atoms with van der Waals surface area (Å²) in [7, 11) is -3.88. The van der Waals surface area contributed by atoms with Crippen molar-refractivity contribution < 1.29 is 13.2 Å². The molecule has 4 rings (SSSR count). The maximum absolute atomic E-state index is 13.2. The Morgan fingerprint density at radius 3 is 2.61 bits per heavy atom. The molecule has 0 radical (unpaired) electrons. The molecule has 0 atom stereocenters. The molecule has 3 aromatic heterocycles. The number of pyridine rings is 1. The molecule has 1 aromatic carbocycles. The number of hydrogen-bond donors (Lipinski definition) is 2. The number of fused-ring (bicyclic) bond motifs is 1. The highest BCUT2D eigenvalue weighted by molar-refractivity contribution is 7.89. The highest BCUT2D eigenvalue weighted by atomic mass is 32.2. The maximum atomic E-state index is 13.2. The topological polar surface area (TPSA) is 120 Å². The molecule has 0 saturated carbocycles. The highest BCUT2D eigenvalue weighted by Crippen LogP contribution is 2.31. The van der Waals surface area contributed by atoms with E-state index in [1.54, 1.807) is 34.3 Å². The quantitative estimate of drug-likeness (QED) is 0.472. The number of nitrogens with two attached hydrogens (primary N) is 1. The van der Waals surface area contributed by atoms with Crippen LogP contribution in [0.3, 0.4) is 0 Å². The van der Waals surface area contributed by atoms with Crippen LogP contribution in [0.15, 0.2) is 53.6 Å². The van der Waals surface area contributed by atoms with E-state index in [0.717, 1.165) is 9.75 Å². The van der Waals surface area contributed by atoms with Crippen LogP contribution in [0.5, 0.6) is 0 Å². The first-order valence-electron chi connectivity index (χ1n) is 9.53. The highest BCUT2D eigenvalue weighted by Gasteiger charge is 2.20. The number of sulfonamides is 1. The molecule has 10 heteroatoms. The summed E-state index contributed by atoms with van der Waals surface area (Å²) >= 11 is 1.59. The average Bonchev–Trinajstić information content (AvgIpc) is 3.33. The van der Waals surface area contributed by atoms with E-state index in [1.807, 2.05) is 32.9 Å². The minimum absolute atomic E-state index is 0.0627. The van der Waals surface area contributed by atoms with Gasteiger partial charge in [-0.1, -0.05) is 6.07 Å². The molecule has 0 aliphatic rings. The molecule has 8 nitrogen and oxygen atoms in total. The second-order valence-corrected chi connectivity index (χ2v) is 10.3. The molecular weight excluding hydrogens is 434 g/mol. The number of hydrogen-bond acceptors (Lipinski definition) is 6. The molecule has 31 heavy (non-hydrogen) atoms. The smallest absolute Gasteiger partial charge is 0.256 e. The van der Waals surface area contributed by atoms with Crippen molar-refractivity contribution in [2.24, 2.45) is 5.14 Å². The van der Waals surface area contributed by atoms with Gasteiger partial charge in [-0.25, -0.2) is 23.2 Å². The first kappa shape index (κ1) is 21.2. The van der Waals surface area contributed by atoms with Crippen LogP contribution in [0.4, 0.5) is 5.69 Å². The van der Waals surface area contributed by atoms with Crippen molar-refractivity contribution in [1.29, 1.82) is 0 Å². The zero-order valence-electron chi connectivity index (χ0n) is 17.2. The third-order valence-corrected chi connectivity index (χ3v) is 6.65. The molecule has 3 heterocycles. The second-order valence-electron chi connectivity index (χ2n) is 7.41. The fraction of sp³-hybridized carbons (Fsp3) is 0.190. The van der Waals surface area contributed by atoms with Crippen molar-refractivity contribution >= 4 is 44.0 Å². The maximum Gasteiger partial charge on any atom is 0.256 e. The molecule has 0 unspecified atom stereocenters. The number of primary sulfonamides is 1. The van der Waals surface area contributed by atoms with Crippen molar-refractivity contribution in [3.63, 3.8) is 0 Å². The summed E-state index contributed by atoms with van der Waals surface area (Å²) in [6, 6.07) is 11.6. The van der Waals surface area contributed by atoms with Crippen LogP contribution < -0.4 is 10.5 Å². The van der Waals surface area contributed by atoms with Crippen molar-refractivity contribution in [2.45, 2.75) is 31.7 Å². The first-order chi connectivity index (χ1) is 14.6. The van der Waals surface area contributed by atoms with Crippen molar-refractivity contribution in [1.82, 2.24) is 14.8 Å². The summed E-state index contributed by atoms with van der Waals surface area (Å²) in [6.45, 7) is 6.00. The molecule has 0 aliphatic carbocycles. The zero-order chi connectivity index (χ0) is 22.3. The van der Waals surface area contributed by atoms with Crippen LogP contribution in [0, 0.1) is 6.92 Å². The Morgan fingerprint density at radius 2 is 1.97 bits per heavy atom. The Kier molecular flexibility index (Phi) is 5.38. The largest absolute Gasteiger partial charge is 0.322 e.